The Hall–Kier alpha value is -0.900. The SMILES string of the molecule is CCCCCCCCCCCCCCCCN(C)CCC(=O)CCC[N+](C)(C)Cc1ccccc1.[Cl-]. The second-order valence-corrected chi connectivity index (χ2v) is 11.6. The summed E-state index contributed by atoms with van der Waals surface area (Å²) in [4.78, 5) is 14.7. The van der Waals surface area contributed by atoms with Crippen molar-refractivity contribution >= 4 is 5.78 Å². The third-order valence-corrected chi connectivity index (χ3v) is 7.34. The van der Waals surface area contributed by atoms with Gasteiger partial charge in [-0.3, -0.25) is 4.79 Å². The van der Waals surface area contributed by atoms with Crippen LogP contribution in [0.5, 0.6) is 0 Å². The summed E-state index contributed by atoms with van der Waals surface area (Å²) in [5, 5.41) is 0. The lowest BCUT2D eigenvalue weighted by molar-refractivity contribution is -0.903. The summed E-state index contributed by atoms with van der Waals surface area (Å²) in [5.41, 5.74) is 1.37. The molecule has 0 saturated heterocycles. The molecule has 0 heterocycles. The molecule has 1 aromatic rings. The van der Waals surface area contributed by atoms with Gasteiger partial charge in [-0.15, -0.1) is 0 Å². The molecule has 0 aliphatic rings. The maximum Gasteiger partial charge on any atom is 0.134 e. The first-order chi connectivity index (χ1) is 16.9. The average molecular weight is 523 g/mol. The molecule has 0 spiro atoms. The molecule has 0 amide bonds. The van der Waals surface area contributed by atoms with Crippen LogP contribution >= 0.6 is 0 Å². The normalized spacial score (nSPS) is 11.6. The molecule has 0 fully saturated rings. The van der Waals surface area contributed by atoms with Gasteiger partial charge in [0.2, 0.25) is 0 Å². The van der Waals surface area contributed by atoms with Crippen molar-refractivity contribution in [3.8, 4) is 0 Å². The van der Waals surface area contributed by atoms with Crippen molar-refractivity contribution in [3.63, 3.8) is 0 Å². The highest BCUT2D eigenvalue weighted by Crippen LogP contribution is 2.14. The van der Waals surface area contributed by atoms with Gasteiger partial charge in [0.15, 0.2) is 0 Å². The minimum absolute atomic E-state index is 0. The van der Waals surface area contributed by atoms with Gasteiger partial charge in [-0.25, -0.2) is 0 Å². The standard InChI is InChI=1S/C32H59N2O.ClH/c1-5-6-7-8-9-10-11-12-13-14-15-16-17-21-27-33(2)28-26-32(35)25-22-29-34(3,4)30-31-23-19-18-20-24-31;/h18-20,23-24H,5-17,21-22,25-30H2,1-4H3;1H/q+1;/p-1. The molecule has 0 unspecified atom stereocenters. The molecular formula is C32H59ClN2O. The quantitative estimate of drug-likeness (QED) is 0.133. The monoisotopic (exact) mass is 522 g/mol. The lowest BCUT2D eigenvalue weighted by Gasteiger charge is -2.30. The molecule has 0 aromatic heterocycles. The number of rotatable bonds is 24. The van der Waals surface area contributed by atoms with E-state index in [-0.39, 0.29) is 12.4 Å². The fraction of sp³-hybridized carbons (Fsp3) is 0.781. The third kappa shape index (κ3) is 21.2. The van der Waals surface area contributed by atoms with E-state index in [0.29, 0.717) is 12.2 Å². The Labute approximate surface area is 231 Å². The number of nitrogens with zero attached hydrogens (tertiary/aromatic N) is 2. The van der Waals surface area contributed by atoms with Crippen LogP contribution in [-0.4, -0.2) is 55.9 Å². The van der Waals surface area contributed by atoms with Crippen LogP contribution in [0.25, 0.3) is 0 Å². The number of hydrogen-bond donors (Lipinski definition) is 0. The van der Waals surface area contributed by atoms with E-state index in [1.807, 2.05) is 0 Å². The Morgan fingerprint density at radius 1 is 0.694 bits per heavy atom. The maximum atomic E-state index is 12.4. The van der Waals surface area contributed by atoms with E-state index in [0.717, 1.165) is 43.5 Å². The number of hydrogen-bond acceptors (Lipinski definition) is 2. The Morgan fingerprint density at radius 2 is 1.19 bits per heavy atom. The van der Waals surface area contributed by atoms with Gasteiger partial charge < -0.3 is 21.8 Å². The zero-order valence-corrected chi connectivity index (χ0v) is 25.2. The second kappa shape index (κ2) is 23.2. The zero-order chi connectivity index (χ0) is 25.6. The topological polar surface area (TPSA) is 20.3 Å². The number of quaternary nitrogens is 1. The highest BCUT2D eigenvalue weighted by atomic mass is 35.5. The van der Waals surface area contributed by atoms with Crippen molar-refractivity contribution in [2.24, 2.45) is 0 Å². The fourth-order valence-corrected chi connectivity index (χ4v) is 4.99. The highest BCUT2D eigenvalue weighted by Gasteiger charge is 2.16. The van der Waals surface area contributed by atoms with Crippen LogP contribution in [0.1, 0.15) is 122 Å². The molecule has 1 aromatic carbocycles. The summed E-state index contributed by atoms with van der Waals surface area (Å²) in [6, 6.07) is 10.7. The molecule has 0 atom stereocenters. The molecule has 36 heavy (non-hydrogen) atoms. The summed E-state index contributed by atoms with van der Waals surface area (Å²) in [7, 11) is 6.71. The number of halogens is 1. The zero-order valence-electron chi connectivity index (χ0n) is 24.4. The molecule has 0 radical (unpaired) electrons. The Kier molecular flexibility index (Phi) is 22.7. The van der Waals surface area contributed by atoms with Gasteiger partial charge in [0.1, 0.15) is 12.3 Å². The summed E-state index contributed by atoms with van der Waals surface area (Å²) in [6.45, 7) is 6.41. The highest BCUT2D eigenvalue weighted by molar-refractivity contribution is 5.78. The van der Waals surface area contributed by atoms with Crippen LogP contribution in [0.2, 0.25) is 0 Å². The summed E-state index contributed by atoms with van der Waals surface area (Å²) < 4.78 is 0.941. The molecule has 210 valence electrons. The molecule has 0 bridgehead atoms. The van der Waals surface area contributed by atoms with E-state index < -0.39 is 0 Å². The summed E-state index contributed by atoms with van der Waals surface area (Å²) in [5.74, 6) is 0.428. The van der Waals surface area contributed by atoms with Crippen LogP contribution in [0.4, 0.5) is 0 Å². The second-order valence-electron chi connectivity index (χ2n) is 11.6. The summed E-state index contributed by atoms with van der Waals surface area (Å²) >= 11 is 0. The minimum atomic E-state index is 0. The maximum absolute atomic E-state index is 12.4. The predicted octanol–water partition coefficient (Wildman–Crippen LogP) is 5.42. The van der Waals surface area contributed by atoms with Gasteiger partial charge in [0.05, 0.1) is 20.6 Å². The predicted molar refractivity (Wildman–Crippen MR) is 154 cm³/mol. The van der Waals surface area contributed by atoms with Gasteiger partial charge in [-0.2, -0.15) is 0 Å². The third-order valence-electron chi connectivity index (χ3n) is 7.34. The number of ketones is 1. The van der Waals surface area contributed by atoms with E-state index in [2.05, 4.69) is 63.3 Å². The van der Waals surface area contributed by atoms with Gasteiger partial charge in [0, 0.05) is 31.4 Å². The first-order valence-electron chi connectivity index (χ1n) is 15.0. The van der Waals surface area contributed by atoms with Crippen LogP contribution in [-0.2, 0) is 11.3 Å². The van der Waals surface area contributed by atoms with Gasteiger partial charge >= 0.3 is 0 Å². The van der Waals surface area contributed by atoms with Crippen LogP contribution in [0.15, 0.2) is 30.3 Å². The van der Waals surface area contributed by atoms with E-state index in [4.69, 9.17) is 0 Å². The van der Waals surface area contributed by atoms with Crippen molar-refractivity contribution in [2.75, 3.05) is 40.8 Å². The van der Waals surface area contributed by atoms with Gasteiger partial charge in [-0.1, -0.05) is 121 Å². The molecule has 0 saturated carbocycles. The number of unbranched alkanes of at least 4 members (excludes halogenated alkanes) is 13. The first kappa shape index (κ1) is 35.1. The van der Waals surface area contributed by atoms with E-state index in [9.17, 15) is 4.79 Å². The molecule has 4 heteroatoms. The van der Waals surface area contributed by atoms with Gasteiger partial charge in [-0.05, 0) is 20.0 Å². The minimum Gasteiger partial charge on any atom is -1.00 e. The molecule has 0 aliphatic heterocycles. The Morgan fingerprint density at radius 3 is 1.72 bits per heavy atom. The van der Waals surface area contributed by atoms with E-state index in [1.165, 1.54) is 95.5 Å². The summed E-state index contributed by atoms with van der Waals surface area (Å²) in [6.07, 6.45) is 22.1. The van der Waals surface area contributed by atoms with Crippen molar-refractivity contribution in [2.45, 2.75) is 123 Å². The molecule has 1 rings (SSSR count). The smallest absolute Gasteiger partial charge is 0.134 e. The first-order valence-corrected chi connectivity index (χ1v) is 15.0. The van der Waals surface area contributed by atoms with Crippen LogP contribution in [0, 0.1) is 0 Å². The van der Waals surface area contributed by atoms with Crippen LogP contribution in [0.3, 0.4) is 0 Å². The number of benzene rings is 1. The molecular weight excluding hydrogens is 464 g/mol. The number of Topliss-reactive ketones (excluding diaryl/α,β-unsaturated/α-hetero) is 1. The van der Waals surface area contributed by atoms with Crippen molar-refractivity contribution < 1.29 is 21.7 Å². The van der Waals surface area contributed by atoms with E-state index in [1.54, 1.807) is 0 Å². The number of carbonyl (C=O) groups excluding carboxylic acids is 1. The van der Waals surface area contributed by atoms with Crippen LogP contribution < -0.4 is 12.4 Å². The largest absolute Gasteiger partial charge is 1.00 e. The average Bonchev–Trinajstić information content (AvgIpc) is 2.83. The van der Waals surface area contributed by atoms with E-state index >= 15 is 0 Å². The van der Waals surface area contributed by atoms with Crippen molar-refractivity contribution in [1.82, 2.24) is 4.90 Å². The fourth-order valence-electron chi connectivity index (χ4n) is 4.99. The van der Waals surface area contributed by atoms with Crippen molar-refractivity contribution in [1.29, 1.82) is 0 Å². The van der Waals surface area contributed by atoms with Crippen molar-refractivity contribution in [3.05, 3.63) is 35.9 Å². The molecule has 3 nitrogen and oxygen atoms in total. The lowest BCUT2D eigenvalue weighted by atomic mass is 10.0. The lowest BCUT2D eigenvalue weighted by Crippen LogP contribution is -3.00. The Balaban J connectivity index is 0.0000122. The molecule has 0 aliphatic carbocycles. The van der Waals surface area contributed by atoms with Gasteiger partial charge in [0.25, 0.3) is 0 Å². The number of carbonyl (C=O) groups is 1. The molecule has 0 N–H and O–H groups in total. The Bertz CT molecular complexity index is 620.